The van der Waals surface area contributed by atoms with Crippen molar-refractivity contribution in [3.8, 4) is 11.3 Å². The quantitative estimate of drug-likeness (QED) is 0.656. The summed E-state index contributed by atoms with van der Waals surface area (Å²) in [5, 5.41) is 7.68. The van der Waals surface area contributed by atoms with Gasteiger partial charge in [0, 0.05) is 20.3 Å². The molecule has 0 fully saturated rings. The molecule has 0 amide bonds. The summed E-state index contributed by atoms with van der Waals surface area (Å²) in [4.78, 5) is 14.8. The average Bonchev–Trinajstić information content (AvgIpc) is 2.58. The highest BCUT2D eigenvalue weighted by Gasteiger charge is 2.09. The van der Waals surface area contributed by atoms with Crippen molar-refractivity contribution >= 4 is 5.82 Å². The molecule has 2 heterocycles. The van der Waals surface area contributed by atoms with Gasteiger partial charge in [-0.15, -0.1) is 5.10 Å². The third-order valence-electron chi connectivity index (χ3n) is 2.00. The van der Waals surface area contributed by atoms with E-state index in [2.05, 4.69) is 15.3 Å². The smallest absolute Gasteiger partial charge is 0.349 e. The highest BCUT2D eigenvalue weighted by molar-refractivity contribution is 5.68. The molecule has 0 unspecified atom stereocenters. The molecule has 0 bridgehead atoms. The van der Waals surface area contributed by atoms with Crippen molar-refractivity contribution in [1.29, 1.82) is 0 Å². The number of aryl methyl sites for hydroxylation is 2. The van der Waals surface area contributed by atoms with Gasteiger partial charge >= 0.3 is 5.69 Å². The van der Waals surface area contributed by atoms with Crippen molar-refractivity contribution in [2.45, 2.75) is 0 Å². The van der Waals surface area contributed by atoms with Gasteiger partial charge in [0.25, 0.3) is 0 Å². The first kappa shape index (κ1) is 9.38. The number of rotatable bonds is 1. The normalized spacial score (nSPS) is 10.5. The zero-order valence-electron chi connectivity index (χ0n) is 8.38. The zero-order valence-corrected chi connectivity index (χ0v) is 8.38. The summed E-state index contributed by atoms with van der Waals surface area (Å²) in [6.45, 7) is 0. The maximum atomic E-state index is 11.2. The lowest BCUT2D eigenvalue weighted by atomic mass is 10.2. The Bertz CT molecular complexity index is 554. The highest BCUT2D eigenvalue weighted by atomic mass is 16.1. The van der Waals surface area contributed by atoms with Crippen LogP contribution >= 0.6 is 0 Å². The molecule has 0 aliphatic heterocycles. The summed E-state index contributed by atoms with van der Waals surface area (Å²) < 4.78 is 2.90. The second-order valence-electron chi connectivity index (χ2n) is 3.21. The minimum absolute atomic E-state index is 0.165. The fraction of sp³-hybridized carbons (Fsp3) is 0.250. The van der Waals surface area contributed by atoms with E-state index >= 15 is 0 Å². The SMILES string of the molecule is Cn1cc(-c2cn(C)c(=O)nc2N)nn1. The van der Waals surface area contributed by atoms with Crippen LogP contribution < -0.4 is 11.4 Å². The van der Waals surface area contributed by atoms with Crippen LogP contribution in [0.1, 0.15) is 0 Å². The molecule has 0 aliphatic rings. The lowest BCUT2D eigenvalue weighted by molar-refractivity contribution is 0.715. The van der Waals surface area contributed by atoms with Crippen molar-refractivity contribution in [2.24, 2.45) is 14.1 Å². The van der Waals surface area contributed by atoms with Crippen LogP contribution in [0.25, 0.3) is 11.3 Å². The number of aromatic nitrogens is 5. The van der Waals surface area contributed by atoms with Gasteiger partial charge in [0.2, 0.25) is 0 Å². The summed E-state index contributed by atoms with van der Waals surface area (Å²) in [7, 11) is 3.36. The molecule has 0 atom stereocenters. The Morgan fingerprint density at radius 3 is 2.67 bits per heavy atom. The van der Waals surface area contributed by atoms with Crippen molar-refractivity contribution < 1.29 is 0 Å². The predicted octanol–water partition coefficient (Wildman–Crippen LogP) is -0.842. The van der Waals surface area contributed by atoms with Gasteiger partial charge in [-0.1, -0.05) is 5.21 Å². The minimum atomic E-state index is -0.389. The molecular weight excluding hydrogens is 196 g/mol. The van der Waals surface area contributed by atoms with E-state index in [1.807, 2.05) is 0 Å². The maximum Gasteiger partial charge on any atom is 0.349 e. The molecule has 0 aromatic carbocycles. The molecule has 2 aromatic rings. The third kappa shape index (κ3) is 1.58. The lowest BCUT2D eigenvalue weighted by Crippen LogP contribution is -2.21. The molecular formula is C8H10N6O. The van der Waals surface area contributed by atoms with Crippen LogP contribution in [0.5, 0.6) is 0 Å². The number of hydrogen-bond acceptors (Lipinski definition) is 5. The monoisotopic (exact) mass is 206 g/mol. The average molecular weight is 206 g/mol. The van der Waals surface area contributed by atoms with Gasteiger partial charge in [0.15, 0.2) is 0 Å². The molecule has 15 heavy (non-hydrogen) atoms. The summed E-state index contributed by atoms with van der Waals surface area (Å²) in [6, 6.07) is 0. The Morgan fingerprint density at radius 2 is 2.07 bits per heavy atom. The van der Waals surface area contributed by atoms with Gasteiger partial charge in [0.1, 0.15) is 11.5 Å². The lowest BCUT2D eigenvalue weighted by Gasteiger charge is -2.02. The molecule has 2 rings (SSSR count). The molecule has 0 aliphatic carbocycles. The van der Waals surface area contributed by atoms with Gasteiger partial charge in [-0.05, 0) is 0 Å². The maximum absolute atomic E-state index is 11.2. The van der Waals surface area contributed by atoms with E-state index in [-0.39, 0.29) is 11.5 Å². The van der Waals surface area contributed by atoms with E-state index in [0.29, 0.717) is 11.3 Å². The van der Waals surface area contributed by atoms with Crippen molar-refractivity contribution in [2.75, 3.05) is 5.73 Å². The van der Waals surface area contributed by atoms with Crippen molar-refractivity contribution in [3.63, 3.8) is 0 Å². The molecule has 0 saturated heterocycles. The third-order valence-corrected chi connectivity index (χ3v) is 2.00. The summed E-state index contributed by atoms with van der Waals surface area (Å²) in [6.07, 6.45) is 3.30. The summed E-state index contributed by atoms with van der Waals surface area (Å²) in [5.74, 6) is 0.165. The Balaban J connectivity index is 2.63. The standard InChI is InChI=1S/C8H10N6O/c1-13-3-5(7(9)10-8(13)15)6-4-14(2)12-11-6/h3-4H,1-2H3,(H2,9,10,15). The fourth-order valence-electron chi connectivity index (χ4n) is 1.23. The van der Waals surface area contributed by atoms with Crippen LogP contribution in [0.4, 0.5) is 5.82 Å². The Morgan fingerprint density at radius 1 is 1.33 bits per heavy atom. The Labute approximate surface area is 85.2 Å². The molecule has 0 radical (unpaired) electrons. The number of nitrogens with two attached hydrogens (primary N) is 1. The molecule has 7 heteroatoms. The second kappa shape index (κ2) is 3.19. The molecule has 78 valence electrons. The zero-order chi connectivity index (χ0) is 11.0. The molecule has 2 aromatic heterocycles. The first-order valence-electron chi connectivity index (χ1n) is 4.28. The van der Waals surface area contributed by atoms with E-state index in [9.17, 15) is 4.79 Å². The van der Waals surface area contributed by atoms with Crippen LogP contribution in [0.15, 0.2) is 17.2 Å². The fourth-order valence-corrected chi connectivity index (χ4v) is 1.23. The molecule has 2 N–H and O–H groups in total. The first-order chi connectivity index (χ1) is 7.08. The van der Waals surface area contributed by atoms with E-state index in [0.717, 1.165) is 0 Å². The van der Waals surface area contributed by atoms with Crippen LogP contribution in [-0.4, -0.2) is 24.5 Å². The van der Waals surface area contributed by atoms with Gasteiger partial charge in [-0.2, -0.15) is 4.98 Å². The number of anilines is 1. The van der Waals surface area contributed by atoms with Crippen LogP contribution in [0.2, 0.25) is 0 Å². The van der Waals surface area contributed by atoms with Gasteiger partial charge in [0.05, 0.1) is 11.8 Å². The van der Waals surface area contributed by atoms with E-state index < -0.39 is 0 Å². The van der Waals surface area contributed by atoms with E-state index in [1.165, 1.54) is 4.57 Å². The van der Waals surface area contributed by atoms with Gasteiger partial charge in [-0.3, -0.25) is 4.68 Å². The van der Waals surface area contributed by atoms with Gasteiger partial charge < -0.3 is 10.3 Å². The number of nitrogen functional groups attached to an aromatic ring is 1. The second-order valence-corrected chi connectivity index (χ2v) is 3.21. The van der Waals surface area contributed by atoms with Gasteiger partial charge in [-0.25, -0.2) is 4.79 Å². The van der Waals surface area contributed by atoms with E-state index in [4.69, 9.17) is 5.73 Å². The van der Waals surface area contributed by atoms with Crippen LogP contribution in [0.3, 0.4) is 0 Å². The van der Waals surface area contributed by atoms with E-state index in [1.54, 1.807) is 31.2 Å². The minimum Gasteiger partial charge on any atom is -0.383 e. The topological polar surface area (TPSA) is 91.6 Å². The largest absolute Gasteiger partial charge is 0.383 e. The first-order valence-corrected chi connectivity index (χ1v) is 4.28. The Hall–Kier alpha value is -2.18. The van der Waals surface area contributed by atoms with Crippen molar-refractivity contribution in [1.82, 2.24) is 24.5 Å². The summed E-state index contributed by atoms with van der Waals surface area (Å²) in [5.41, 5.74) is 6.44. The van der Waals surface area contributed by atoms with Crippen molar-refractivity contribution in [3.05, 3.63) is 22.9 Å². The molecule has 0 saturated carbocycles. The molecule has 7 nitrogen and oxygen atoms in total. The van der Waals surface area contributed by atoms with Crippen LogP contribution in [-0.2, 0) is 14.1 Å². The Kier molecular flexibility index (Phi) is 2.00. The summed E-state index contributed by atoms with van der Waals surface area (Å²) >= 11 is 0. The number of hydrogen-bond donors (Lipinski definition) is 1. The number of nitrogens with zero attached hydrogens (tertiary/aromatic N) is 5. The van der Waals surface area contributed by atoms with Crippen LogP contribution in [0, 0.1) is 0 Å². The predicted molar refractivity (Wildman–Crippen MR) is 53.9 cm³/mol. The molecule has 0 spiro atoms. The highest BCUT2D eigenvalue weighted by Crippen LogP contribution is 2.18.